The average Bonchev–Trinajstić information content (AvgIpc) is 2.02. The largest absolute Gasteiger partial charge is 0.326 e. The van der Waals surface area contributed by atoms with E-state index in [1.54, 1.807) is 13.8 Å². The van der Waals surface area contributed by atoms with E-state index in [-0.39, 0.29) is 10.6 Å². The van der Waals surface area contributed by atoms with Crippen molar-refractivity contribution in [1.29, 1.82) is 0 Å². The third-order valence-electron chi connectivity index (χ3n) is 2.48. The molecular formula is C10H14N2O2. The summed E-state index contributed by atoms with van der Waals surface area (Å²) in [7, 11) is 0. The van der Waals surface area contributed by atoms with Crippen molar-refractivity contribution in [2.75, 3.05) is 0 Å². The molecule has 76 valence electrons. The molecule has 2 N–H and O–H groups in total. The highest BCUT2D eigenvalue weighted by Crippen LogP contribution is 2.28. The number of nitrogens with two attached hydrogens (primary N) is 1. The second-order valence-electron chi connectivity index (χ2n) is 3.42. The third kappa shape index (κ3) is 1.61. The Morgan fingerprint density at radius 1 is 1.36 bits per heavy atom. The Bertz CT molecular complexity index is 386. The minimum atomic E-state index is -0.344. The van der Waals surface area contributed by atoms with Gasteiger partial charge >= 0.3 is 0 Å². The lowest BCUT2D eigenvalue weighted by Gasteiger charge is -2.09. The van der Waals surface area contributed by atoms with Crippen LogP contribution in [-0.4, -0.2) is 4.92 Å². The van der Waals surface area contributed by atoms with Gasteiger partial charge in [-0.15, -0.1) is 0 Å². The molecule has 0 aliphatic heterocycles. The van der Waals surface area contributed by atoms with E-state index in [1.165, 1.54) is 0 Å². The summed E-state index contributed by atoms with van der Waals surface area (Å²) in [6.07, 6.45) is 0. The third-order valence-corrected chi connectivity index (χ3v) is 2.48. The summed E-state index contributed by atoms with van der Waals surface area (Å²) in [4.78, 5) is 10.4. The maximum Gasteiger partial charge on any atom is 0.275 e. The zero-order chi connectivity index (χ0) is 10.9. The Morgan fingerprint density at radius 3 is 2.36 bits per heavy atom. The smallest absolute Gasteiger partial charge is 0.275 e. The molecule has 14 heavy (non-hydrogen) atoms. The highest BCUT2D eigenvalue weighted by molar-refractivity contribution is 5.53. The number of hydrogen-bond donors (Lipinski definition) is 1. The van der Waals surface area contributed by atoms with Crippen LogP contribution in [0, 0.1) is 30.9 Å². The van der Waals surface area contributed by atoms with Crippen LogP contribution >= 0.6 is 0 Å². The van der Waals surface area contributed by atoms with Gasteiger partial charge in [-0.05, 0) is 38.0 Å². The van der Waals surface area contributed by atoms with Gasteiger partial charge in [-0.3, -0.25) is 10.1 Å². The highest BCUT2D eigenvalue weighted by atomic mass is 16.6. The van der Waals surface area contributed by atoms with Crippen LogP contribution in [0.3, 0.4) is 0 Å². The van der Waals surface area contributed by atoms with Crippen LogP contribution in [0.1, 0.15) is 22.3 Å². The van der Waals surface area contributed by atoms with Gasteiger partial charge in [0, 0.05) is 17.7 Å². The lowest BCUT2D eigenvalue weighted by molar-refractivity contribution is -0.386. The van der Waals surface area contributed by atoms with E-state index in [4.69, 9.17) is 5.73 Å². The van der Waals surface area contributed by atoms with Crippen molar-refractivity contribution < 1.29 is 4.92 Å². The second kappa shape index (κ2) is 3.75. The summed E-state index contributed by atoms with van der Waals surface area (Å²) >= 11 is 0. The van der Waals surface area contributed by atoms with Crippen LogP contribution in [0.5, 0.6) is 0 Å². The van der Waals surface area contributed by atoms with Gasteiger partial charge < -0.3 is 5.73 Å². The van der Waals surface area contributed by atoms with Crippen LogP contribution in [0.4, 0.5) is 5.69 Å². The van der Waals surface area contributed by atoms with Gasteiger partial charge in [0.25, 0.3) is 5.69 Å². The van der Waals surface area contributed by atoms with E-state index >= 15 is 0 Å². The molecule has 0 amide bonds. The predicted molar refractivity (Wildman–Crippen MR) is 55.2 cm³/mol. The first kappa shape index (κ1) is 10.7. The highest BCUT2D eigenvalue weighted by Gasteiger charge is 2.18. The van der Waals surface area contributed by atoms with Crippen molar-refractivity contribution in [2.45, 2.75) is 27.3 Å². The molecule has 0 radical (unpaired) electrons. The SMILES string of the molecule is Cc1cc(C)c([N+](=O)[O-])c(C)c1CN. The van der Waals surface area contributed by atoms with Gasteiger partial charge in [-0.25, -0.2) is 0 Å². The molecule has 0 aromatic heterocycles. The van der Waals surface area contributed by atoms with Crippen molar-refractivity contribution in [1.82, 2.24) is 0 Å². The molecule has 0 aliphatic carbocycles. The van der Waals surface area contributed by atoms with Gasteiger partial charge in [0.15, 0.2) is 0 Å². The average molecular weight is 194 g/mol. The molecule has 1 aromatic carbocycles. The number of hydrogen-bond acceptors (Lipinski definition) is 3. The first-order valence-corrected chi connectivity index (χ1v) is 4.43. The fourth-order valence-corrected chi connectivity index (χ4v) is 1.81. The molecule has 0 spiro atoms. The molecule has 0 fully saturated rings. The Hall–Kier alpha value is -1.42. The summed E-state index contributed by atoms with van der Waals surface area (Å²) in [6.45, 7) is 5.77. The molecule has 0 aliphatic rings. The van der Waals surface area contributed by atoms with Gasteiger partial charge in [-0.1, -0.05) is 0 Å². The van der Waals surface area contributed by atoms with Gasteiger partial charge in [-0.2, -0.15) is 0 Å². The first-order valence-electron chi connectivity index (χ1n) is 4.43. The van der Waals surface area contributed by atoms with Crippen LogP contribution < -0.4 is 5.73 Å². The molecule has 0 saturated carbocycles. The van der Waals surface area contributed by atoms with E-state index in [0.717, 1.165) is 11.1 Å². The Balaban J connectivity index is 3.52. The van der Waals surface area contributed by atoms with Crippen molar-refractivity contribution in [2.24, 2.45) is 5.73 Å². The molecule has 0 saturated heterocycles. The zero-order valence-corrected chi connectivity index (χ0v) is 8.63. The van der Waals surface area contributed by atoms with Crippen LogP contribution in [-0.2, 0) is 6.54 Å². The van der Waals surface area contributed by atoms with Gasteiger partial charge in [0.1, 0.15) is 0 Å². The van der Waals surface area contributed by atoms with Crippen molar-refractivity contribution in [3.8, 4) is 0 Å². The summed E-state index contributed by atoms with van der Waals surface area (Å²) in [5, 5.41) is 10.8. The van der Waals surface area contributed by atoms with E-state index < -0.39 is 0 Å². The van der Waals surface area contributed by atoms with Crippen LogP contribution in [0.2, 0.25) is 0 Å². The quantitative estimate of drug-likeness (QED) is 0.578. The number of nitrogens with zero attached hydrogens (tertiary/aromatic N) is 1. The number of nitro groups is 1. The van der Waals surface area contributed by atoms with E-state index in [0.29, 0.717) is 17.7 Å². The Labute approximate surface area is 82.9 Å². The molecular weight excluding hydrogens is 180 g/mol. The van der Waals surface area contributed by atoms with Crippen LogP contribution in [0.25, 0.3) is 0 Å². The minimum absolute atomic E-state index is 0.191. The Morgan fingerprint density at radius 2 is 1.93 bits per heavy atom. The summed E-state index contributed by atoms with van der Waals surface area (Å²) in [5.74, 6) is 0. The molecule has 0 unspecified atom stereocenters. The second-order valence-corrected chi connectivity index (χ2v) is 3.42. The number of rotatable bonds is 2. The molecule has 4 nitrogen and oxygen atoms in total. The van der Waals surface area contributed by atoms with Gasteiger partial charge in [0.2, 0.25) is 0 Å². The van der Waals surface area contributed by atoms with Crippen molar-refractivity contribution >= 4 is 5.69 Å². The fourth-order valence-electron chi connectivity index (χ4n) is 1.81. The molecule has 0 bridgehead atoms. The normalized spacial score (nSPS) is 10.3. The minimum Gasteiger partial charge on any atom is -0.326 e. The summed E-state index contributed by atoms with van der Waals surface area (Å²) in [5.41, 5.74) is 9.02. The lowest BCUT2D eigenvalue weighted by atomic mass is 9.97. The zero-order valence-electron chi connectivity index (χ0n) is 8.63. The predicted octanol–water partition coefficient (Wildman–Crippen LogP) is 1.98. The van der Waals surface area contributed by atoms with E-state index in [2.05, 4.69) is 0 Å². The molecule has 0 atom stereocenters. The fraction of sp³-hybridized carbons (Fsp3) is 0.400. The molecule has 1 rings (SSSR count). The van der Waals surface area contributed by atoms with Crippen LogP contribution in [0.15, 0.2) is 6.07 Å². The topological polar surface area (TPSA) is 69.2 Å². The van der Waals surface area contributed by atoms with Crippen molar-refractivity contribution in [3.63, 3.8) is 0 Å². The maximum atomic E-state index is 10.8. The lowest BCUT2D eigenvalue weighted by Crippen LogP contribution is -2.06. The summed E-state index contributed by atoms with van der Waals surface area (Å²) < 4.78 is 0. The number of aryl methyl sites for hydroxylation is 2. The molecule has 1 aromatic rings. The van der Waals surface area contributed by atoms with Crippen molar-refractivity contribution in [3.05, 3.63) is 38.4 Å². The number of benzene rings is 1. The number of nitro benzene ring substituents is 1. The Kier molecular flexibility index (Phi) is 2.86. The molecule has 4 heteroatoms. The van der Waals surface area contributed by atoms with E-state index in [9.17, 15) is 10.1 Å². The maximum absolute atomic E-state index is 10.8. The monoisotopic (exact) mass is 194 g/mol. The first-order chi connectivity index (χ1) is 6.49. The molecule has 0 heterocycles. The summed E-state index contributed by atoms with van der Waals surface area (Å²) in [6, 6.07) is 1.81. The van der Waals surface area contributed by atoms with E-state index in [1.807, 2.05) is 13.0 Å². The van der Waals surface area contributed by atoms with Gasteiger partial charge in [0.05, 0.1) is 4.92 Å². The standard InChI is InChI=1S/C10H14N2O2/c1-6-4-7(2)10(12(13)14)8(3)9(6)5-11/h4H,5,11H2,1-3H3.